The third-order valence-corrected chi connectivity index (χ3v) is 12.2. The summed E-state index contributed by atoms with van der Waals surface area (Å²) in [6, 6.07) is 1.10. The monoisotopic (exact) mass is 985 g/mol. The van der Waals surface area contributed by atoms with Crippen molar-refractivity contribution in [2.45, 2.75) is 181 Å². The third-order valence-electron chi connectivity index (χ3n) is 8.58. The maximum Gasteiger partial charge on any atom is 0.509 e. The number of phosphoric acid groups is 1. The molecule has 64 heavy (non-hydrogen) atoms. The molecule has 0 aliphatic carbocycles. The lowest BCUT2D eigenvalue weighted by atomic mass is 9.86. The first-order valence-corrected chi connectivity index (χ1v) is 24.7. The molecule has 17 nitrogen and oxygen atoms in total. The average molecular weight is 986 g/mol. The van der Waals surface area contributed by atoms with E-state index in [9.17, 15) is 33.3 Å². The fraction of sp³-hybridized carbons (Fsp3) is 0.786. The average Bonchev–Trinajstić information content (AvgIpc) is 3.41. The summed E-state index contributed by atoms with van der Waals surface area (Å²) in [7, 11) is -4.97. The number of aromatic nitrogens is 2. The second-order valence-electron chi connectivity index (χ2n) is 20.2. The summed E-state index contributed by atoms with van der Waals surface area (Å²) in [5.41, 5.74) is -6.29. The van der Waals surface area contributed by atoms with E-state index in [1.807, 2.05) is 0 Å². The van der Waals surface area contributed by atoms with E-state index in [0.717, 1.165) is 28.6 Å². The highest BCUT2D eigenvalue weighted by atomic mass is 32.2. The molecule has 0 saturated carbocycles. The predicted molar refractivity (Wildman–Crippen MR) is 248 cm³/mol. The number of ketones is 2. The van der Waals surface area contributed by atoms with E-state index in [-0.39, 0.29) is 12.8 Å². The van der Waals surface area contributed by atoms with Crippen LogP contribution in [0.5, 0.6) is 0 Å². The number of hydrogen-bond donors (Lipinski definition) is 2. The summed E-state index contributed by atoms with van der Waals surface area (Å²) in [5.74, 6) is -0.656. The van der Waals surface area contributed by atoms with Gasteiger partial charge in [-0.1, -0.05) is 41.5 Å². The summed E-state index contributed by atoms with van der Waals surface area (Å²) in [6.45, 7) is 23.3. The van der Waals surface area contributed by atoms with Crippen molar-refractivity contribution < 1.29 is 65.4 Å². The van der Waals surface area contributed by atoms with Crippen LogP contribution in [0, 0.1) is 10.8 Å². The molecule has 0 unspecified atom stereocenters. The Morgan fingerprint density at radius 3 is 1.59 bits per heavy atom. The van der Waals surface area contributed by atoms with Gasteiger partial charge in [0.05, 0.1) is 11.9 Å². The highest BCUT2D eigenvalue weighted by Crippen LogP contribution is 2.56. The molecular formula is C42H69FN3O14PS3. The van der Waals surface area contributed by atoms with E-state index in [1.54, 1.807) is 104 Å². The molecule has 0 spiro atoms. The number of nitrogens with zero attached hydrogens (tertiary/aromatic N) is 3. The number of alkyl halides is 1. The largest absolute Gasteiger partial charge is 0.509 e. The van der Waals surface area contributed by atoms with Crippen molar-refractivity contribution in [3.05, 3.63) is 22.7 Å². The molecule has 0 radical (unpaired) electrons. The van der Waals surface area contributed by atoms with Crippen molar-refractivity contribution in [1.82, 2.24) is 9.55 Å². The number of imide groups is 1. The number of Topliss-reactive ketones (excluding diaryl/α,β-unsaturated/α-hetero) is 2. The zero-order valence-corrected chi connectivity index (χ0v) is 43.3. The van der Waals surface area contributed by atoms with E-state index in [2.05, 4.69) is 30.2 Å². The number of phosphoric ester groups is 1. The van der Waals surface area contributed by atoms with Gasteiger partial charge < -0.3 is 18.9 Å². The Bertz CT molecular complexity index is 1830. The van der Waals surface area contributed by atoms with Crippen molar-refractivity contribution >= 4 is 80.6 Å². The SMILES string of the molecule is CC(C)(C)OC(=O)O[C@H]1[C@H](F)[C@H](n2ccc(N(C(=O)OC(C)(C)C)C(=O)OC(C)(C)C)nc2=O)S[C@@H]1COP(=O)(O[C@@H](CCCS)C(=O)C(C)(C)C)O[C@@H](CCCS)C(=O)C(C)(C)C. The first-order chi connectivity index (χ1) is 29.0. The minimum atomic E-state index is -4.97. The number of carbonyl (C=O) groups is 5. The Balaban J connectivity index is 2.73. The summed E-state index contributed by atoms with van der Waals surface area (Å²) >= 11 is 9.27. The van der Waals surface area contributed by atoms with Crippen LogP contribution in [0.4, 0.5) is 24.6 Å². The van der Waals surface area contributed by atoms with Gasteiger partial charge in [-0.15, -0.1) is 11.8 Å². The number of thioether (sulfide) groups is 1. The number of ether oxygens (including phenoxy) is 4. The van der Waals surface area contributed by atoms with Crippen molar-refractivity contribution in [3.63, 3.8) is 0 Å². The Morgan fingerprint density at radius 1 is 0.781 bits per heavy atom. The quantitative estimate of drug-likeness (QED) is 0.0608. The van der Waals surface area contributed by atoms with Gasteiger partial charge in [0.15, 0.2) is 29.7 Å². The van der Waals surface area contributed by atoms with Crippen molar-refractivity contribution in [2.24, 2.45) is 10.8 Å². The number of rotatable bonds is 18. The molecule has 1 aromatic heterocycles. The first kappa shape index (κ1) is 57.4. The summed E-state index contributed by atoms with van der Waals surface area (Å²) < 4.78 is 72.3. The molecule has 1 aliphatic rings. The molecule has 1 aromatic rings. The Morgan fingerprint density at radius 2 is 1.22 bits per heavy atom. The maximum atomic E-state index is 16.9. The van der Waals surface area contributed by atoms with Gasteiger partial charge in [0.2, 0.25) is 0 Å². The van der Waals surface area contributed by atoms with Gasteiger partial charge in [-0.3, -0.25) is 27.7 Å². The fourth-order valence-corrected chi connectivity index (χ4v) is 9.19. The fourth-order valence-electron chi connectivity index (χ4n) is 5.72. The van der Waals surface area contributed by atoms with Gasteiger partial charge in [0, 0.05) is 17.0 Å². The van der Waals surface area contributed by atoms with Crippen molar-refractivity contribution in [1.29, 1.82) is 0 Å². The van der Waals surface area contributed by atoms with Crippen LogP contribution in [0.25, 0.3) is 0 Å². The number of thiol groups is 2. The topological polar surface area (TPSA) is 205 Å². The molecule has 2 heterocycles. The molecule has 1 aliphatic heterocycles. The van der Waals surface area contributed by atoms with Crippen LogP contribution in [0.15, 0.2) is 17.1 Å². The standard InChI is InChI=1S/C42H69FN3O14PS3/c1-38(2,3)31(47)25(18-16-22-62)59-61(53,60-26(19-17-23-63)32(48)39(4,5)6)54-24-27-30(55-37(52)58-42(13,14)15)29(43)33(64-27)45-21-20-28(44-34(45)49)46(35(50)56-40(7,8)9)36(51)57-41(10,11)12/h20-21,25-27,29-30,33,62-63H,16-19,22-24H2,1-15H3/t25-,26-,27+,29-,30+,33+/m0/s1. The van der Waals surface area contributed by atoms with Crippen molar-refractivity contribution in [3.8, 4) is 0 Å². The number of hydrogen-bond acceptors (Lipinski definition) is 18. The highest BCUT2D eigenvalue weighted by molar-refractivity contribution is 8.00. The molecule has 0 aromatic carbocycles. The molecule has 366 valence electrons. The molecule has 2 amide bonds. The minimum absolute atomic E-state index is 0.0627. The summed E-state index contributed by atoms with van der Waals surface area (Å²) in [5, 5.41) is -2.79. The lowest BCUT2D eigenvalue weighted by Crippen LogP contribution is -2.45. The van der Waals surface area contributed by atoms with E-state index in [1.165, 1.54) is 0 Å². The molecule has 0 bridgehead atoms. The van der Waals surface area contributed by atoms with Gasteiger partial charge in [-0.05, 0) is 106 Å². The van der Waals surface area contributed by atoms with Crippen LogP contribution in [0.3, 0.4) is 0 Å². The molecular weight excluding hydrogens is 917 g/mol. The second-order valence-corrected chi connectivity index (χ2v) is 24.0. The molecule has 2 rings (SSSR count). The van der Waals surface area contributed by atoms with Crippen LogP contribution < -0.4 is 10.6 Å². The van der Waals surface area contributed by atoms with E-state index in [0.29, 0.717) is 29.2 Å². The lowest BCUT2D eigenvalue weighted by Gasteiger charge is -2.32. The van der Waals surface area contributed by atoms with Crippen LogP contribution in [-0.2, 0) is 46.7 Å². The van der Waals surface area contributed by atoms with Crippen LogP contribution >= 0.6 is 44.8 Å². The highest BCUT2D eigenvalue weighted by Gasteiger charge is 2.51. The van der Waals surface area contributed by atoms with E-state index >= 15 is 4.39 Å². The summed E-state index contributed by atoms with van der Waals surface area (Å²) in [6.07, 6.45) is -8.35. The zero-order chi connectivity index (χ0) is 49.4. The molecule has 1 fully saturated rings. The summed E-state index contributed by atoms with van der Waals surface area (Å²) in [4.78, 5) is 85.1. The molecule has 0 N–H and O–H groups in total. The van der Waals surface area contributed by atoms with Gasteiger partial charge in [0.1, 0.15) is 34.4 Å². The van der Waals surface area contributed by atoms with E-state index < -0.39 is 119 Å². The zero-order valence-electron chi connectivity index (χ0n) is 39.8. The minimum Gasteiger partial charge on any atom is -0.443 e. The predicted octanol–water partition coefficient (Wildman–Crippen LogP) is 9.74. The number of anilines is 1. The van der Waals surface area contributed by atoms with Crippen LogP contribution in [0.2, 0.25) is 0 Å². The first-order valence-electron chi connectivity index (χ1n) is 21.0. The van der Waals surface area contributed by atoms with Crippen molar-refractivity contribution in [2.75, 3.05) is 23.0 Å². The Hall–Kier alpha value is -2.68. The number of amides is 2. The second kappa shape index (κ2) is 22.9. The van der Waals surface area contributed by atoms with Gasteiger partial charge in [-0.25, -0.2) is 28.1 Å². The van der Waals surface area contributed by atoms with Gasteiger partial charge >= 0.3 is 31.9 Å². The molecule has 1 saturated heterocycles. The van der Waals surface area contributed by atoms with Gasteiger partial charge in [-0.2, -0.15) is 35.1 Å². The smallest absolute Gasteiger partial charge is 0.443 e. The molecule has 6 atom stereocenters. The normalized spacial score (nSPS) is 19.7. The Kier molecular flexibility index (Phi) is 20.5. The number of halogens is 1. The van der Waals surface area contributed by atoms with E-state index in [4.69, 9.17) is 32.5 Å². The number of carbonyl (C=O) groups excluding carboxylic acids is 5. The van der Waals surface area contributed by atoms with Crippen LogP contribution in [-0.4, -0.2) is 104 Å². The third kappa shape index (κ3) is 18.2. The Labute approximate surface area is 392 Å². The lowest BCUT2D eigenvalue weighted by molar-refractivity contribution is -0.137. The molecule has 22 heteroatoms. The van der Waals surface area contributed by atoms with Gasteiger partial charge in [0.25, 0.3) is 0 Å². The van der Waals surface area contributed by atoms with Crippen LogP contribution in [0.1, 0.15) is 135 Å². The maximum absolute atomic E-state index is 16.9.